The molecule has 2 fully saturated rings. The second-order valence-electron chi connectivity index (χ2n) is 5.81. The van der Waals surface area contributed by atoms with Crippen LogP contribution in [0.3, 0.4) is 0 Å². The monoisotopic (exact) mass is 278 g/mol. The van der Waals surface area contributed by atoms with E-state index in [0.29, 0.717) is 18.1 Å². The molecule has 19 heavy (non-hydrogen) atoms. The van der Waals surface area contributed by atoms with Crippen molar-refractivity contribution < 1.29 is 4.79 Å². The molecule has 0 aromatic carbocycles. The van der Waals surface area contributed by atoms with Crippen molar-refractivity contribution in [2.45, 2.75) is 57.2 Å². The van der Waals surface area contributed by atoms with E-state index < -0.39 is 0 Å². The lowest BCUT2D eigenvalue weighted by Gasteiger charge is -2.35. The Kier molecular flexibility index (Phi) is 3.63. The fraction of sp³-hybridized carbons (Fsp3) is 0.667. The predicted octanol–water partition coefficient (Wildman–Crippen LogP) is 2.67. The van der Waals surface area contributed by atoms with Crippen LogP contribution in [0.4, 0.5) is 0 Å². The van der Waals surface area contributed by atoms with Gasteiger partial charge >= 0.3 is 0 Å². The molecule has 1 aromatic heterocycles. The van der Waals surface area contributed by atoms with E-state index in [-0.39, 0.29) is 5.91 Å². The molecule has 3 heterocycles. The number of aryl methyl sites for hydroxylation is 1. The maximum atomic E-state index is 12.6. The minimum absolute atomic E-state index is 0.221. The van der Waals surface area contributed by atoms with E-state index in [9.17, 15) is 4.79 Å². The van der Waals surface area contributed by atoms with Gasteiger partial charge in [-0.15, -0.1) is 11.3 Å². The number of carbonyl (C=O) groups is 1. The van der Waals surface area contributed by atoms with Crippen LogP contribution < -0.4 is 5.32 Å². The summed E-state index contributed by atoms with van der Waals surface area (Å²) in [5.41, 5.74) is 1.19. The summed E-state index contributed by atoms with van der Waals surface area (Å²) in [6.45, 7) is 2.11. The van der Waals surface area contributed by atoms with Gasteiger partial charge in [-0.2, -0.15) is 0 Å². The molecule has 2 atom stereocenters. The Morgan fingerprint density at radius 2 is 2.11 bits per heavy atom. The molecule has 0 saturated carbocycles. The number of rotatable bonds is 3. The third kappa shape index (κ3) is 2.43. The normalized spacial score (nSPS) is 29.5. The van der Waals surface area contributed by atoms with Crippen molar-refractivity contribution in [3.8, 4) is 0 Å². The van der Waals surface area contributed by atoms with Crippen LogP contribution in [0.15, 0.2) is 11.4 Å². The largest absolute Gasteiger partial charge is 0.338 e. The first kappa shape index (κ1) is 13.1. The highest BCUT2D eigenvalue weighted by molar-refractivity contribution is 7.12. The molecule has 3 rings (SSSR count). The standard InChI is InChI=1S/C15H22N2OS/c1-3-10-6-7-19-14(10)15(18)17(2)13-8-11-4-5-12(9-13)16-11/h6-7,11-13,16H,3-5,8-9H2,1-2H3. The van der Waals surface area contributed by atoms with Gasteiger partial charge in [0.05, 0.1) is 4.88 Å². The average molecular weight is 278 g/mol. The molecule has 3 nitrogen and oxygen atoms in total. The molecule has 0 radical (unpaired) electrons. The third-order valence-corrected chi connectivity index (χ3v) is 5.58. The summed E-state index contributed by atoms with van der Waals surface area (Å²) in [5, 5.41) is 5.67. The van der Waals surface area contributed by atoms with Crippen molar-refractivity contribution in [2.75, 3.05) is 7.05 Å². The zero-order valence-electron chi connectivity index (χ0n) is 11.7. The van der Waals surface area contributed by atoms with Crippen LogP contribution in [-0.2, 0) is 6.42 Å². The van der Waals surface area contributed by atoms with Gasteiger partial charge < -0.3 is 10.2 Å². The van der Waals surface area contributed by atoms with Crippen molar-refractivity contribution >= 4 is 17.2 Å². The van der Waals surface area contributed by atoms with Crippen LogP contribution in [-0.4, -0.2) is 36.0 Å². The maximum absolute atomic E-state index is 12.6. The van der Waals surface area contributed by atoms with Crippen molar-refractivity contribution in [3.63, 3.8) is 0 Å². The van der Waals surface area contributed by atoms with Crippen LogP contribution >= 0.6 is 11.3 Å². The Bertz CT molecular complexity index is 458. The fourth-order valence-corrected chi connectivity index (χ4v) is 4.45. The molecule has 0 spiro atoms. The number of hydrogen-bond acceptors (Lipinski definition) is 3. The molecule has 2 bridgehead atoms. The van der Waals surface area contributed by atoms with Crippen LogP contribution in [0.5, 0.6) is 0 Å². The van der Waals surface area contributed by atoms with Crippen molar-refractivity contribution in [1.82, 2.24) is 10.2 Å². The first-order chi connectivity index (χ1) is 9.19. The predicted molar refractivity (Wildman–Crippen MR) is 78.8 cm³/mol. The van der Waals surface area contributed by atoms with E-state index in [2.05, 4.69) is 18.3 Å². The molecule has 1 N–H and O–H groups in total. The van der Waals surface area contributed by atoms with Crippen molar-refractivity contribution in [2.24, 2.45) is 0 Å². The van der Waals surface area contributed by atoms with Gasteiger partial charge in [-0.1, -0.05) is 6.92 Å². The van der Waals surface area contributed by atoms with Gasteiger partial charge in [-0.3, -0.25) is 4.79 Å². The summed E-state index contributed by atoms with van der Waals surface area (Å²) >= 11 is 1.58. The minimum Gasteiger partial charge on any atom is -0.338 e. The summed E-state index contributed by atoms with van der Waals surface area (Å²) in [5.74, 6) is 0.221. The average Bonchev–Trinajstić information content (AvgIpc) is 3.03. The Hall–Kier alpha value is -0.870. The maximum Gasteiger partial charge on any atom is 0.264 e. The lowest BCUT2D eigenvalue weighted by molar-refractivity contribution is 0.0685. The molecular weight excluding hydrogens is 256 g/mol. The van der Waals surface area contributed by atoms with Gasteiger partial charge in [-0.25, -0.2) is 0 Å². The molecule has 2 aliphatic rings. The molecule has 2 unspecified atom stereocenters. The van der Waals surface area contributed by atoms with Gasteiger partial charge in [0.25, 0.3) is 5.91 Å². The van der Waals surface area contributed by atoms with E-state index in [1.807, 2.05) is 17.3 Å². The van der Waals surface area contributed by atoms with Crippen LogP contribution in [0.25, 0.3) is 0 Å². The minimum atomic E-state index is 0.221. The molecule has 1 amide bonds. The number of nitrogens with one attached hydrogen (secondary N) is 1. The van der Waals surface area contributed by atoms with Crippen LogP contribution in [0.1, 0.15) is 47.8 Å². The van der Waals surface area contributed by atoms with Gasteiger partial charge in [-0.05, 0) is 49.1 Å². The van der Waals surface area contributed by atoms with Crippen molar-refractivity contribution in [3.05, 3.63) is 21.9 Å². The van der Waals surface area contributed by atoms with E-state index in [1.165, 1.54) is 18.4 Å². The summed E-state index contributed by atoms with van der Waals surface area (Å²) < 4.78 is 0. The van der Waals surface area contributed by atoms with E-state index in [1.54, 1.807) is 11.3 Å². The lowest BCUT2D eigenvalue weighted by atomic mass is 9.98. The molecule has 104 valence electrons. The van der Waals surface area contributed by atoms with E-state index in [0.717, 1.165) is 24.1 Å². The Morgan fingerprint density at radius 3 is 2.74 bits per heavy atom. The lowest BCUT2D eigenvalue weighted by Crippen LogP contribution is -2.48. The second-order valence-corrected chi connectivity index (χ2v) is 6.72. The number of nitrogens with zero attached hydrogens (tertiary/aromatic N) is 1. The number of fused-ring (bicyclic) bond motifs is 2. The van der Waals surface area contributed by atoms with E-state index >= 15 is 0 Å². The number of hydrogen-bond donors (Lipinski definition) is 1. The van der Waals surface area contributed by atoms with Crippen molar-refractivity contribution in [1.29, 1.82) is 0 Å². The Morgan fingerprint density at radius 1 is 1.42 bits per heavy atom. The molecule has 2 saturated heterocycles. The smallest absolute Gasteiger partial charge is 0.264 e. The number of thiophene rings is 1. The van der Waals surface area contributed by atoms with E-state index in [4.69, 9.17) is 0 Å². The Balaban J connectivity index is 1.73. The second kappa shape index (κ2) is 5.25. The zero-order chi connectivity index (χ0) is 13.4. The summed E-state index contributed by atoms with van der Waals surface area (Å²) in [4.78, 5) is 15.6. The SMILES string of the molecule is CCc1ccsc1C(=O)N(C)C1CC2CCC(C1)N2. The van der Waals surface area contributed by atoms with Gasteiger partial charge in [0, 0.05) is 25.2 Å². The first-order valence-electron chi connectivity index (χ1n) is 7.28. The summed E-state index contributed by atoms with van der Waals surface area (Å²) in [6, 6.07) is 3.76. The highest BCUT2D eigenvalue weighted by atomic mass is 32.1. The molecule has 2 aliphatic heterocycles. The topological polar surface area (TPSA) is 32.3 Å². The Labute approximate surface area is 119 Å². The molecular formula is C15H22N2OS. The van der Waals surface area contributed by atoms with Crippen LogP contribution in [0, 0.1) is 0 Å². The number of amides is 1. The fourth-order valence-electron chi connectivity index (χ4n) is 3.47. The van der Waals surface area contributed by atoms with Gasteiger partial charge in [0.2, 0.25) is 0 Å². The summed E-state index contributed by atoms with van der Waals surface area (Å²) in [6.07, 6.45) is 5.73. The summed E-state index contributed by atoms with van der Waals surface area (Å²) in [7, 11) is 1.98. The molecule has 0 aliphatic carbocycles. The van der Waals surface area contributed by atoms with Gasteiger partial charge in [0.15, 0.2) is 0 Å². The zero-order valence-corrected chi connectivity index (χ0v) is 12.5. The third-order valence-electron chi connectivity index (χ3n) is 4.64. The number of carbonyl (C=O) groups excluding carboxylic acids is 1. The first-order valence-corrected chi connectivity index (χ1v) is 8.16. The molecule has 4 heteroatoms. The highest BCUT2D eigenvalue weighted by Gasteiger charge is 2.36. The quantitative estimate of drug-likeness (QED) is 0.922. The van der Waals surface area contributed by atoms with Crippen LogP contribution in [0.2, 0.25) is 0 Å². The van der Waals surface area contributed by atoms with Gasteiger partial charge in [0.1, 0.15) is 0 Å². The number of piperidine rings is 1. The molecule has 1 aromatic rings. The highest BCUT2D eigenvalue weighted by Crippen LogP contribution is 2.30.